The minimum Gasteiger partial charge on any atom is -0.497 e. The predicted octanol–water partition coefficient (Wildman–Crippen LogP) is 2.08. The molecule has 1 aromatic carbocycles. The Kier molecular flexibility index (Phi) is 7.06. The molecule has 0 unspecified atom stereocenters. The smallest absolute Gasteiger partial charge is 0.321 e. The molecule has 0 aliphatic carbocycles. The summed E-state index contributed by atoms with van der Waals surface area (Å²) in [6.07, 6.45) is 2.76. The van der Waals surface area contributed by atoms with Gasteiger partial charge < -0.3 is 14.8 Å². The summed E-state index contributed by atoms with van der Waals surface area (Å²) in [5.41, 5.74) is 1.03. The second-order valence-corrected chi connectivity index (χ2v) is 6.04. The second-order valence-electron chi connectivity index (χ2n) is 6.04. The molecule has 1 aromatic rings. The molecule has 3 amide bonds. The summed E-state index contributed by atoms with van der Waals surface area (Å²) in [4.78, 5) is 25.8. The highest BCUT2D eigenvalue weighted by molar-refractivity contribution is 5.95. The van der Waals surface area contributed by atoms with Gasteiger partial charge in [0.2, 0.25) is 5.91 Å². The van der Waals surface area contributed by atoms with Gasteiger partial charge in [0.25, 0.3) is 0 Å². The Hall–Kier alpha value is -2.28. The van der Waals surface area contributed by atoms with E-state index in [4.69, 9.17) is 9.47 Å². The lowest BCUT2D eigenvalue weighted by atomic mass is 10.0. The summed E-state index contributed by atoms with van der Waals surface area (Å²) >= 11 is 0. The van der Waals surface area contributed by atoms with Crippen molar-refractivity contribution in [2.75, 3.05) is 33.9 Å². The lowest BCUT2D eigenvalue weighted by Gasteiger charge is -2.25. The van der Waals surface area contributed by atoms with Gasteiger partial charge in [0.05, 0.1) is 20.8 Å². The number of ether oxygens (including phenoxy) is 2. The molecular formula is C18H27N3O4. The molecule has 1 saturated heterocycles. The van der Waals surface area contributed by atoms with E-state index in [1.807, 2.05) is 25.1 Å². The zero-order valence-electron chi connectivity index (χ0n) is 15.1. The van der Waals surface area contributed by atoms with E-state index in [9.17, 15) is 9.59 Å². The van der Waals surface area contributed by atoms with Gasteiger partial charge in [-0.15, -0.1) is 0 Å². The average Bonchev–Trinajstić information content (AvgIpc) is 3.06. The SMILES string of the molecule is CCCNC(=O)NC(=O)CN1CCC[C@H]1c1ccc(OC)cc1OC. The number of methoxy groups -OCH3 is 2. The third kappa shape index (κ3) is 5.09. The highest BCUT2D eigenvalue weighted by atomic mass is 16.5. The fourth-order valence-electron chi connectivity index (χ4n) is 3.09. The summed E-state index contributed by atoms with van der Waals surface area (Å²) < 4.78 is 10.7. The molecule has 1 atom stereocenters. The van der Waals surface area contributed by atoms with E-state index >= 15 is 0 Å². The van der Waals surface area contributed by atoms with Crippen LogP contribution in [0.2, 0.25) is 0 Å². The molecule has 1 aliphatic rings. The maximum atomic E-state index is 12.1. The van der Waals surface area contributed by atoms with Crippen LogP contribution in [0.3, 0.4) is 0 Å². The highest BCUT2D eigenvalue weighted by Gasteiger charge is 2.30. The van der Waals surface area contributed by atoms with Crippen LogP contribution in [0.25, 0.3) is 0 Å². The van der Waals surface area contributed by atoms with Crippen LogP contribution in [0.15, 0.2) is 18.2 Å². The Morgan fingerprint density at radius 1 is 1.28 bits per heavy atom. The van der Waals surface area contributed by atoms with E-state index in [1.54, 1.807) is 14.2 Å². The molecule has 138 valence electrons. The van der Waals surface area contributed by atoms with Crippen LogP contribution in [0, 0.1) is 0 Å². The molecule has 2 rings (SSSR count). The standard InChI is InChI=1S/C18H27N3O4/c1-4-9-19-18(23)20-17(22)12-21-10-5-6-15(21)14-8-7-13(24-2)11-16(14)25-3/h7-8,11,15H,4-6,9-10,12H2,1-3H3,(H2,19,20,22,23)/t15-/m0/s1. The number of rotatable bonds is 7. The average molecular weight is 349 g/mol. The van der Waals surface area contributed by atoms with Crippen LogP contribution in [-0.4, -0.2) is 50.7 Å². The van der Waals surface area contributed by atoms with E-state index in [-0.39, 0.29) is 18.5 Å². The summed E-state index contributed by atoms with van der Waals surface area (Å²) in [6.45, 7) is 3.50. The maximum Gasteiger partial charge on any atom is 0.321 e. The number of carbonyl (C=O) groups excluding carboxylic acids is 2. The summed E-state index contributed by atoms with van der Waals surface area (Å²) in [7, 11) is 3.24. The summed E-state index contributed by atoms with van der Waals surface area (Å²) in [5.74, 6) is 1.18. The van der Waals surface area contributed by atoms with E-state index in [0.717, 1.165) is 42.9 Å². The third-order valence-electron chi connectivity index (χ3n) is 4.30. The first-order chi connectivity index (χ1) is 12.1. The first-order valence-corrected chi connectivity index (χ1v) is 8.62. The second kappa shape index (κ2) is 9.27. The van der Waals surface area contributed by atoms with Crippen LogP contribution in [0.1, 0.15) is 37.8 Å². The molecule has 0 aromatic heterocycles. The number of imide groups is 1. The van der Waals surface area contributed by atoms with Gasteiger partial charge in [0.15, 0.2) is 0 Å². The largest absolute Gasteiger partial charge is 0.497 e. The van der Waals surface area contributed by atoms with Crippen molar-refractivity contribution in [3.05, 3.63) is 23.8 Å². The van der Waals surface area contributed by atoms with E-state index in [0.29, 0.717) is 6.54 Å². The van der Waals surface area contributed by atoms with Crippen LogP contribution in [-0.2, 0) is 4.79 Å². The number of hydrogen-bond donors (Lipinski definition) is 2. The normalized spacial score (nSPS) is 17.2. The molecule has 0 bridgehead atoms. The van der Waals surface area contributed by atoms with E-state index in [2.05, 4.69) is 15.5 Å². The lowest BCUT2D eigenvalue weighted by molar-refractivity contribution is -0.121. The Morgan fingerprint density at radius 3 is 2.76 bits per heavy atom. The van der Waals surface area contributed by atoms with Crippen molar-refractivity contribution < 1.29 is 19.1 Å². The van der Waals surface area contributed by atoms with Crippen LogP contribution >= 0.6 is 0 Å². The number of urea groups is 1. The molecular weight excluding hydrogens is 322 g/mol. The quantitative estimate of drug-likeness (QED) is 0.788. The molecule has 2 N–H and O–H groups in total. The van der Waals surface area contributed by atoms with Crippen LogP contribution in [0.5, 0.6) is 11.5 Å². The minimum absolute atomic E-state index is 0.0882. The van der Waals surface area contributed by atoms with Gasteiger partial charge >= 0.3 is 6.03 Å². The molecule has 7 heteroatoms. The monoisotopic (exact) mass is 349 g/mol. The number of nitrogens with zero attached hydrogens (tertiary/aromatic N) is 1. The number of nitrogens with one attached hydrogen (secondary N) is 2. The zero-order valence-corrected chi connectivity index (χ0v) is 15.1. The van der Waals surface area contributed by atoms with Crippen molar-refractivity contribution in [2.24, 2.45) is 0 Å². The Morgan fingerprint density at radius 2 is 2.08 bits per heavy atom. The van der Waals surface area contributed by atoms with Crippen molar-refractivity contribution in [3.63, 3.8) is 0 Å². The first kappa shape index (κ1) is 19.1. The highest BCUT2D eigenvalue weighted by Crippen LogP contribution is 2.38. The Labute approximate surface area is 148 Å². The van der Waals surface area contributed by atoms with Crippen molar-refractivity contribution >= 4 is 11.9 Å². The van der Waals surface area contributed by atoms with E-state index < -0.39 is 6.03 Å². The first-order valence-electron chi connectivity index (χ1n) is 8.62. The van der Waals surface area contributed by atoms with Crippen molar-refractivity contribution in [2.45, 2.75) is 32.2 Å². The molecule has 7 nitrogen and oxygen atoms in total. The van der Waals surface area contributed by atoms with Crippen LogP contribution < -0.4 is 20.1 Å². The van der Waals surface area contributed by atoms with Gasteiger partial charge in [0.1, 0.15) is 11.5 Å². The minimum atomic E-state index is -0.440. The van der Waals surface area contributed by atoms with Gasteiger partial charge in [-0.05, 0) is 31.9 Å². The summed E-state index contributed by atoms with van der Waals surface area (Å²) in [6, 6.07) is 5.37. The molecule has 1 heterocycles. The van der Waals surface area contributed by atoms with Crippen molar-refractivity contribution in [3.8, 4) is 11.5 Å². The van der Waals surface area contributed by atoms with Crippen molar-refractivity contribution in [1.29, 1.82) is 0 Å². The lowest BCUT2D eigenvalue weighted by Crippen LogP contribution is -2.44. The molecule has 0 spiro atoms. The fraction of sp³-hybridized carbons (Fsp3) is 0.556. The number of benzene rings is 1. The van der Waals surface area contributed by atoms with Gasteiger partial charge in [0, 0.05) is 24.2 Å². The van der Waals surface area contributed by atoms with Crippen LogP contribution in [0.4, 0.5) is 4.79 Å². The molecule has 1 fully saturated rings. The Bertz CT molecular complexity index is 606. The summed E-state index contributed by atoms with van der Waals surface area (Å²) in [5, 5.41) is 5.02. The van der Waals surface area contributed by atoms with Crippen molar-refractivity contribution in [1.82, 2.24) is 15.5 Å². The topological polar surface area (TPSA) is 79.9 Å². The number of amides is 3. The molecule has 0 radical (unpaired) electrons. The van der Waals surface area contributed by atoms with Gasteiger partial charge in [-0.3, -0.25) is 15.0 Å². The third-order valence-corrected chi connectivity index (χ3v) is 4.30. The number of carbonyl (C=O) groups is 2. The van der Waals surface area contributed by atoms with Gasteiger partial charge in [-0.1, -0.05) is 13.0 Å². The zero-order chi connectivity index (χ0) is 18.2. The molecule has 0 saturated carbocycles. The maximum absolute atomic E-state index is 12.1. The fourth-order valence-corrected chi connectivity index (χ4v) is 3.09. The molecule has 1 aliphatic heterocycles. The molecule has 25 heavy (non-hydrogen) atoms. The van der Waals surface area contributed by atoms with E-state index in [1.165, 1.54) is 0 Å². The predicted molar refractivity (Wildman–Crippen MR) is 94.9 cm³/mol. The number of likely N-dealkylation sites (tertiary alicyclic amines) is 1. The van der Waals surface area contributed by atoms with Gasteiger partial charge in [-0.25, -0.2) is 4.79 Å². The number of hydrogen-bond acceptors (Lipinski definition) is 5. The Balaban J connectivity index is 2.02. The van der Waals surface area contributed by atoms with Gasteiger partial charge in [-0.2, -0.15) is 0 Å².